The quantitative estimate of drug-likeness (QED) is 0.132. The third-order valence-electron chi connectivity index (χ3n) is 5.31. The summed E-state index contributed by atoms with van der Waals surface area (Å²) in [6, 6.07) is 20.2. The molecule has 0 aliphatic heterocycles. The molecule has 194 valence electrons. The van der Waals surface area contributed by atoms with Gasteiger partial charge in [0.15, 0.2) is 5.13 Å². The monoisotopic (exact) mass is 548 g/mol. The number of nitro benzene ring substituents is 1. The first-order valence-electron chi connectivity index (χ1n) is 11.6. The number of nitro groups is 1. The van der Waals surface area contributed by atoms with Crippen molar-refractivity contribution in [2.24, 2.45) is 0 Å². The standard InChI is InChI=1S/C27H24N4O5S2/c1-3-36-22-11-7-18(8-12-22)24-16-37-27(29-24)30-25(32)17(2)38-23-13-9-20(10-14-23)28-26(33)19-5-4-6-21(15-19)31(34)35/h4-17H,3H2,1-2H3,(H,28,33)(H,29,30,32). The molecule has 0 aliphatic rings. The minimum Gasteiger partial charge on any atom is -0.494 e. The van der Waals surface area contributed by atoms with Gasteiger partial charge in [-0.1, -0.05) is 6.07 Å². The number of amides is 2. The summed E-state index contributed by atoms with van der Waals surface area (Å²) in [5, 5.41) is 18.5. The minimum absolute atomic E-state index is 0.151. The van der Waals surface area contributed by atoms with Gasteiger partial charge in [0.25, 0.3) is 11.6 Å². The number of hydrogen-bond acceptors (Lipinski definition) is 8. The molecular formula is C27H24N4O5S2. The molecule has 0 aliphatic carbocycles. The van der Waals surface area contributed by atoms with Gasteiger partial charge in [0.1, 0.15) is 5.75 Å². The average Bonchev–Trinajstić information content (AvgIpc) is 3.38. The Kier molecular flexibility index (Phi) is 8.72. The molecule has 0 radical (unpaired) electrons. The summed E-state index contributed by atoms with van der Waals surface area (Å²) < 4.78 is 5.47. The van der Waals surface area contributed by atoms with E-state index < -0.39 is 16.1 Å². The van der Waals surface area contributed by atoms with Crippen LogP contribution < -0.4 is 15.4 Å². The summed E-state index contributed by atoms with van der Waals surface area (Å²) in [6.45, 7) is 4.34. The number of hydrogen-bond donors (Lipinski definition) is 2. The smallest absolute Gasteiger partial charge is 0.270 e. The molecule has 38 heavy (non-hydrogen) atoms. The van der Waals surface area contributed by atoms with Crippen molar-refractivity contribution in [2.45, 2.75) is 24.0 Å². The molecule has 3 aromatic carbocycles. The van der Waals surface area contributed by atoms with Crippen LogP contribution in [0, 0.1) is 10.1 Å². The highest BCUT2D eigenvalue weighted by Crippen LogP contribution is 2.29. The number of rotatable bonds is 10. The van der Waals surface area contributed by atoms with Crippen molar-refractivity contribution < 1.29 is 19.2 Å². The lowest BCUT2D eigenvalue weighted by molar-refractivity contribution is -0.384. The van der Waals surface area contributed by atoms with E-state index in [4.69, 9.17) is 4.74 Å². The van der Waals surface area contributed by atoms with E-state index in [1.54, 1.807) is 31.2 Å². The van der Waals surface area contributed by atoms with Crippen LogP contribution in [0.15, 0.2) is 83.1 Å². The maximum absolute atomic E-state index is 12.7. The summed E-state index contributed by atoms with van der Waals surface area (Å²) >= 11 is 2.73. The van der Waals surface area contributed by atoms with Crippen molar-refractivity contribution in [2.75, 3.05) is 17.2 Å². The highest BCUT2D eigenvalue weighted by Gasteiger charge is 2.17. The largest absolute Gasteiger partial charge is 0.494 e. The normalized spacial score (nSPS) is 11.4. The highest BCUT2D eigenvalue weighted by atomic mass is 32.2. The van der Waals surface area contributed by atoms with Crippen molar-refractivity contribution in [3.05, 3.63) is 93.9 Å². The van der Waals surface area contributed by atoms with Crippen molar-refractivity contribution in [1.29, 1.82) is 0 Å². The molecule has 2 amide bonds. The highest BCUT2D eigenvalue weighted by molar-refractivity contribution is 8.00. The number of nitrogens with one attached hydrogen (secondary N) is 2. The van der Waals surface area contributed by atoms with E-state index in [9.17, 15) is 19.7 Å². The maximum atomic E-state index is 12.7. The molecule has 4 aromatic rings. The molecule has 0 saturated carbocycles. The van der Waals surface area contributed by atoms with E-state index in [0.717, 1.165) is 21.9 Å². The van der Waals surface area contributed by atoms with Crippen LogP contribution in [-0.2, 0) is 4.79 Å². The lowest BCUT2D eigenvalue weighted by atomic mass is 10.2. The van der Waals surface area contributed by atoms with Gasteiger partial charge in [-0.3, -0.25) is 19.7 Å². The minimum atomic E-state index is -0.546. The molecular weight excluding hydrogens is 524 g/mol. The van der Waals surface area contributed by atoms with Gasteiger partial charge in [0, 0.05) is 39.2 Å². The summed E-state index contributed by atoms with van der Waals surface area (Å²) in [6.07, 6.45) is 0. The fourth-order valence-electron chi connectivity index (χ4n) is 3.40. The number of non-ortho nitro benzene ring substituents is 1. The predicted octanol–water partition coefficient (Wildman–Crippen LogP) is 6.49. The van der Waals surface area contributed by atoms with Crippen LogP contribution in [0.2, 0.25) is 0 Å². The number of aromatic nitrogens is 1. The zero-order valence-corrected chi connectivity index (χ0v) is 22.2. The van der Waals surface area contributed by atoms with E-state index >= 15 is 0 Å². The summed E-state index contributed by atoms with van der Waals surface area (Å²) in [7, 11) is 0. The van der Waals surface area contributed by atoms with Crippen LogP contribution in [-0.4, -0.2) is 33.6 Å². The average molecular weight is 549 g/mol. The van der Waals surface area contributed by atoms with Gasteiger partial charge in [-0.05, 0) is 68.4 Å². The van der Waals surface area contributed by atoms with Crippen LogP contribution in [0.25, 0.3) is 11.3 Å². The van der Waals surface area contributed by atoms with Gasteiger partial charge >= 0.3 is 0 Å². The number of nitrogens with zero attached hydrogens (tertiary/aromatic N) is 2. The molecule has 0 saturated heterocycles. The topological polar surface area (TPSA) is 123 Å². The van der Waals surface area contributed by atoms with Crippen molar-refractivity contribution >= 4 is 51.4 Å². The Hall–Kier alpha value is -4.22. The number of carbonyl (C=O) groups excluding carboxylic acids is 2. The van der Waals surface area contributed by atoms with Gasteiger partial charge in [0.05, 0.1) is 22.5 Å². The summed E-state index contributed by atoms with van der Waals surface area (Å²) in [5.41, 5.74) is 2.28. The molecule has 0 spiro atoms. The lowest BCUT2D eigenvalue weighted by Crippen LogP contribution is -2.22. The molecule has 1 heterocycles. The lowest BCUT2D eigenvalue weighted by Gasteiger charge is -2.11. The van der Waals surface area contributed by atoms with Crippen LogP contribution in [0.3, 0.4) is 0 Å². The molecule has 1 atom stereocenters. The first-order valence-corrected chi connectivity index (χ1v) is 13.4. The Morgan fingerprint density at radius 2 is 1.82 bits per heavy atom. The van der Waals surface area contributed by atoms with Gasteiger partial charge in [-0.2, -0.15) is 0 Å². The van der Waals surface area contributed by atoms with Crippen LogP contribution in [0.5, 0.6) is 5.75 Å². The van der Waals surface area contributed by atoms with Crippen molar-refractivity contribution in [3.8, 4) is 17.0 Å². The molecule has 1 aromatic heterocycles. The third-order valence-corrected chi connectivity index (χ3v) is 7.18. The van der Waals surface area contributed by atoms with E-state index in [1.165, 1.54) is 47.4 Å². The Bertz CT molecular complexity index is 1440. The fraction of sp³-hybridized carbons (Fsp3) is 0.148. The summed E-state index contributed by atoms with van der Waals surface area (Å²) in [4.78, 5) is 40.9. The van der Waals surface area contributed by atoms with Crippen molar-refractivity contribution in [1.82, 2.24) is 4.98 Å². The van der Waals surface area contributed by atoms with Crippen LogP contribution in [0.4, 0.5) is 16.5 Å². The van der Waals surface area contributed by atoms with Crippen LogP contribution in [0.1, 0.15) is 24.2 Å². The second kappa shape index (κ2) is 12.3. The second-order valence-corrected chi connectivity index (χ2v) is 10.3. The second-order valence-electron chi connectivity index (χ2n) is 8.03. The number of ether oxygens (including phenoxy) is 1. The molecule has 0 fully saturated rings. The summed E-state index contributed by atoms with van der Waals surface area (Å²) in [5.74, 6) is 0.171. The van der Waals surface area contributed by atoms with E-state index in [1.807, 2.05) is 36.6 Å². The van der Waals surface area contributed by atoms with Gasteiger partial charge in [0.2, 0.25) is 5.91 Å². The molecule has 0 bridgehead atoms. The molecule has 4 rings (SSSR count). The Balaban J connectivity index is 1.31. The number of thiazole rings is 1. The third kappa shape index (κ3) is 6.96. The zero-order chi connectivity index (χ0) is 27.1. The van der Waals surface area contributed by atoms with Gasteiger partial charge in [-0.25, -0.2) is 4.98 Å². The number of anilines is 2. The molecule has 2 N–H and O–H groups in total. The first-order chi connectivity index (χ1) is 18.3. The Morgan fingerprint density at radius 1 is 1.08 bits per heavy atom. The fourth-order valence-corrected chi connectivity index (χ4v) is 4.99. The van der Waals surface area contributed by atoms with Gasteiger partial charge < -0.3 is 15.4 Å². The number of carbonyl (C=O) groups is 2. The zero-order valence-electron chi connectivity index (χ0n) is 20.5. The Labute approximate surface area is 227 Å². The van der Waals surface area contributed by atoms with Crippen LogP contribution >= 0.6 is 23.1 Å². The Morgan fingerprint density at radius 3 is 2.50 bits per heavy atom. The van der Waals surface area contributed by atoms with Crippen molar-refractivity contribution in [3.63, 3.8) is 0 Å². The maximum Gasteiger partial charge on any atom is 0.270 e. The van der Waals surface area contributed by atoms with E-state index in [-0.39, 0.29) is 17.2 Å². The SMILES string of the molecule is CCOc1ccc(-c2csc(NC(=O)C(C)Sc3ccc(NC(=O)c4cccc([N+](=O)[O-])c4)cc3)n2)cc1. The number of benzene rings is 3. The molecule has 11 heteroatoms. The van der Waals surface area contributed by atoms with E-state index in [2.05, 4.69) is 15.6 Å². The molecule has 1 unspecified atom stereocenters. The molecule has 9 nitrogen and oxygen atoms in total. The predicted molar refractivity (Wildman–Crippen MR) is 150 cm³/mol. The van der Waals surface area contributed by atoms with Gasteiger partial charge in [-0.15, -0.1) is 23.1 Å². The van der Waals surface area contributed by atoms with E-state index in [0.29, 0.717) is 17.4 Å². The number of thioether (sulfide) groups is 1. The first kappa shape index (κ1) is 26.8.